The summed E-state index contributed by atoms with van der Waals surface area (Å²) in [4.78, 5) is 14.0. The molecule has 0 aliphatic carbocycles. The zero-order valence-electron chi connectivity index (χ0n) is 20.7. The summed E-state index contributed by atoms with van der Waals surface area (Å²) in [5, 5.41) is 5.67. The minimum atomic E-state index is -2.70. The average Bonchev–Trinajstić information content (AvgIpc) is 3.34. The predicted molar refractivity (Wildman–Crippen MR) is 139 cm³/mol. The molecule has 1 aliphatic heterocycles. The van der Waals surface area contributed by atoms with Crippen molar-refractivity contribution < 1.29 is 8.78 Å². The first-order chi connectivity index (χ1) is 17.5. The maximum Gasteiger partial charge on any atom is 0.249 e. The van der Waals surface area contributed by atoms with E-state index >= 15 is 0 Å². The molecule has 0 saturated carbocycles. The van der Waals surface area contributed by atoms with E-state index in [1.807, 2.05) is 36.4 Å². The summed E-state index contributed by atoms with van der Waals surface area (Å²) in [7, 11) is 0. The molecule has 0 radical (unpaired) electrons. The van der Waals surface area contributed by atoms with Crippen molar-refractivity contribution in [2.75, 3.05) is 37.6 Å². The van der Waals surface area contributed by atoms with Gasteiger partial charge in [-0.3, -0.25) is 9.88 Å². The summed E-state index contributed by atoms with van der Waals surface area (Å²) in [6, 6.07) is 20.3. The van der Waals surface area contributed by atoms with Crippen molar-refractivity contribution in [3.05, 3.63) is 72.7 Å². The zero-order valence-corrected chi connectivity index (χ0v) is 20.7. The molecule has 0 amide bonds. The number of nitrogens with zero attached hydrogens (tertiary/aromatic N) is 6. The van der Waals surface area contributed by atoms with E-state index in [2.05, 4.69) is 44.1 Å². The SMILES string of the molecule is CCC(F)(F)CCn1nc(-c2ccc3ncccc3c2)nc1CCN1CCN(c2ccccc2)CC1. The quantitative estimate of drug-likeness (QED) is 0.319. The van der Waals surface area contributed by atoms with Crippen LogP contribution >= 0.6 is 0 Å². The van der Waals surface area contributed by atoms with Gasteiger partial charge < -0.3 is 4.90 Å². The summed E-state index contributed by atoms with van der Waals surface area (Å²) in [5.74, 6) is -1.37. The lowest BCUT2D eigenvalue weighted by molar-refractivity contribution is -0.0162. The van der Waals surface area contributed by atoms with E-state index < -0.39 is 5.92 Å². The number of para-hydroxylation sites is 1. The molecule has 1 saturated heterocycles. The highest BCUT2D eigenvalue weighted by molar-refractivity contribution is 5.83. The minimum Gasteiger partial charge on any atom is -0.369 e. The van der Waals surface area contributed by atoms with Crippen molar-refractivity contribution in [2.24, 2.45) is 0 Å². The predicted octanol–water partition coefficient (Wildman–Crippen LogP) is 5.29. The van der Waals surface area contributed by atoms with Crippen molar-refractivity contribution in [3.63, 3.8) is 0 Å². The molecule has 0 bridgehead atoms. The third kappa shape index (κ3) is 5.70. The van der Waals surface area contributed by atoms with Crippen LogP contribution in [0.3, 0.4) is 0 Å². The summed E-state index contributed by atoms with van der Waals surface area (Å²) in [5.41, 5.74) is 3.02. The van der Waals surface area contributed by atoms with E-state index in [-0.39, 0.29) is 19.4 Å². The second kappa shape index (κ2) is 10.7. The van der Waals surface area contributed by atoms with Crippen LogP contribution in [-0.4, -0.2) is 63.3 Å². The van der Waals surface area contributed by atoms with Crippen LogP contribution in [0.5, 0.6) is 0 Å². The number of pyridine rings is 1. The Morgan fingerprint density at radius 1 is 0.917 bits per heavy atom. The number of benzene rings is 2. The van der Waals surface area contributed by atoms with Crippen LogP contribution < -0.4 is 4.90 Å². The van der Waals surface area contributed by atoms with Gasteiger partial charge in [0.15, 0.2) is 5.82 Å². The molecule has 5 rings (SSSR count). The number of alkyl halides is 2. The van der Waals surface area contributed by atoms with E-state index in [4.69, 9.17) is 4.98 Å². The molecule has 6 nitrogen and oxygen atoms in total. The number of anilines is 1. The Kier molecular flexibility index (Phi) is 7.23. The number of piperazine rings is 1. The maximum absolute atomic E-state index is 14.0. The van der Waals surface area contributed by atoms with E-state index in [1.54, 1.807) is 10.9 Å². The molecule has 0 atom stereocenters. The van der Waals surface area contributed by atoms with Gasteiger partial charge in [-0.05, 0) is 36.4 Å². The van der Waals surface area contributed by atoms with Crippen molar-refractivity contribution in [1.82, 2.24) is 24.6 Å². The van der Waals surface area contributed by atoms with E-state index in [0.717, 1.165) is 55.0 Å². The number of hydrogen-bond donors (Lipinski definition) is 0. The van der Waals surface area contributed by atoms with Gasteiger partial charge in [-0.1, -0.05) is 31.2 Å². The van der Waals surface area contributed by atoms with Gasteiger partial charge in [0.2, 0.25) is 5.92 Å². The van der Waals surface area contributed by atoms with Gasteiger partial charge in [-0.2, -0.15) is 5.10 Å². The van der Waals surface area contributed by atoms with Gasteiger partial charge in [0.1, 0.15) is 5.82 Å². The van der Waals surface area contributed by atoms with Crippen molar-refractivity contribution >= 4 is 16.6 Å². The first kappa shape index (κ1) is 24.3. The number of rotatable bonds is 9. The Morgan fingerprint density at radius 2 is 1.72 bits per heavy atom. The van der Waals surface area contributed by atoms with Crippen molar-refractivity contribution in [1.29, 1.82) is 0 Å². The second-order valence-electron chi connectivity index (χ2n) is 9.36. The van der Waals surface area contributed by atoms with Crippen LogP contribution in [0.2, 0.25) is 0 Å². The minimum absolute atomic E-state index is 0.153. The summed E-state index contributed by atoms with van der Waals surface area (Å²) >= 11 is 0. The van der Waals surface area contributed by atoms with Crippen LogP contribution in [0, 0.1) is 0 Å². The molecule has 36 heavy (non-hydrogen) atoms. The number of halogens is 2. The largest absolute Gasteiger partial charge is 0.369 e. The van der Waals surface area contributed by atoms with E-state index in [1.165, 1.54) is 12.6 Å². The van der Waals surface area contributed by atoms with Crippen LogP contribution in [0.4, 0.5) is 14.5 Å². The number of hydrogen-bond acceptors (Lipinski definition) is 5. The van der Waals surface area contributed by atoms with Gasteiger partial charge >= 0.3 is 0 Å². The summed E-state index contributed by atoms with van der Waals surface area (Å²) in [6.45, 7) is 6.35. The lowest BCUT2D eigenvalue weighted by Gasteiger charge is -2.36. The Hall–Kier alpha value is -3.39. The Labute approximate surface area is 210 Å². The van der Waals surface area contributed by atoms with E-state index in [9.17, 15) is 8.78 Å². The maximum atomic E-state index is 14.0. The monoisotopic (exact) mass is 490 g/mol. The molecule has 2 aromatic carbocycles. The molecule has 1 aliphatic rings. The fourth-order valence-corrected chi connectivity index (χ4v) is 4.65. The molecule has 4 aromatic rings. The fraction of sp³-hybridized carbons (Fsp3) is 0.393. The lowest BCUT2D eigenvalue weighted by Crippen LogP contribution is -2.47. The first-order valence-corrected chi connectivity index (χ1v) is 12.7. The lowest BCUT2D eigenvalue weighted by atomic mass is 10.1. The van der Waals surface area contributed by atoms with Crippen LogP contribution in [0.25, 0.3) is 22.3 Å². The normalized spacial score (nSPS) is 15.0. The number of aromatic nitrogens is 4. The van der Waals surface area contributed by atoms with Crippen molar-refractivity contribution in [3.8, 4) is 11.4 Å². The topological polar surface area (TPSA) is 50.1 Å². The van der Waals surface area contributed by atoms with Crippen LogP contribution in [0.1, 0.15) is 25.6 Å². The third-order valence-electron chi connectivity index (χ3n) is 6.96. The highest BCUT2D eigenvalue weighted by Gasteiger charge is 2.27. The third-order valence-corrected chi connectivity index (χ3v) is 6.96. The Balaban J connectivity index is 1.29. The van der Waals surface area contributed by atoms with Gasteiger partial charge in [0.05, 0.1) is 5.52 Å². The number of fused-ring (bicyclic) bond motifs is 1. The first-order valence-electron chi connectivity index (χ1n) is 12.7. The second-order valence-corrected chi connectivity index (χ2v) is 9.36. The number of aryl methyl sites for hydroxylation is 1. The molecule has 2 aromatic heterocycles. The Morgan fingerprint density at radius 3 is 2.50 bits per heavy atom. The molecule has 3 heterocycles. The highest BCUT2D eigenvalue weighted by atomic mass is 19.3. The van der Waals surface area contributed by atoms with Crippen molar-refractivity contribution in [2.45, 2.75) is 38.7 Å². The molecule has 0 N–H and O–H groups in total. The molecular weight excluding hydrogens is 458 g/mol. The van der Waals surface area contributed by atoms with Gasteiger partial charge in [-0.25, -0.2) is 18.4 Å². The van der Waals surface area contributed by atoms with Gasteiger partial charge in [-0.15, -0.1) is 0 Å². The molecular formula is C28H32F2N6. The molecule has 1 fully saturated rings. The zero-order chi connectivity index (χ0) is 25.0. The molecule has 0 unspecified atom stereocenters. The average molecular weight is 491 g/mol. The summed E-state index contributed by atoms with van der Waals surface area (Å²) in [6.07, 6.45) is 2.02. The molecule has 0 spiro atoms. The highest BCUT2D eigenvalue weighted by Crippen LogP contribution is 2.25. The summed E-state index contributed by atoms with van der Waals surface area (Å²) < 4.78 is 29.8. The fourth-order valence-electron chi connectivity index (χ4n) is 4.65. The van der Waals surface area contributed by atoms with Gasteiger partial charge in [0.25, 0.3) is 0 Å². The van der Waals surface area contributed by atoms with E-state index in [0.29, 0.717) is 12.2 Å². The van der Waals surface area contributed by atoms with Gasteiger partial charge in [0, 0.05) is 81.4 Å². The molecule has 188 valence electrons. The standard InChI is InChI=1S/C28H32F2N6/c1-2-28(29,30)13-16-36-26(12-15-34-17-19-35(20-18-34)24-8-4-3-5-9-24)32-27(33-36)23-10-11-25-22(21-23)7-6-14-31-25/h3-11,14,21H,2,12-13,15-20H2,1H3. The smallest absolute Gasteiger partial charge is 0.249 e. The van der Waals surface area contributed by atoms with Crippen LogP contribution in [-0.2, 0) is 13.0 Å². The van der Waals surface area contributed by atoms with Crippen LogP contribution in [0.15, 0.2) is 66.9 Å². The molecule has 8 heteroatoms. The Bertz CT molecular complexity index is 1280.